The van der Waals surface area contributed by atoms with Gasteiger partial charge >= 0.3 is 11.9 Å². The normalized spacial score (nSPS) is 13.6. The third-order valence-electron chi connectivity index (χ3n) is 3.84. The van der Waals surface area contributed by atoms with Crippen LogP contribution in [-0.4, -0.2) is 40.3 Å². The van der Waals surface area contributed by atoms with Crippen LogP contribution in [0.1, 0.15) is 5.56 Å². The van der Waals surface area contributed by atoms with Gasteiger partial charge in [0.1, 0.15) is 5.70 Å². The summed E-state index contributed by atoms with van der Waals surface area (Å²) in [5.41, 5.74) is 3.07. The number of carbonyl (C=O) groups is 2. The van der Waals surface area contributed by atoms with Gasteiger partial charge in [-0.2, -0.15) is 0 Å². The number of esters is 2. The fourth-order valence-corrected chi connectivity index (χ4v) is 2.60. The van der Waals surface area contributed by atoms with Crippen LogP contribution in [0.25, 0.3) is 0 Å². The molecule has 0 saturated carbocycles. The number of aryl methyl sites for hydroxylation is 1. The van der Waals surface area contributed by atoms with Gasteiger partial charge in [-0.25, -0.2) is 9.59 Å². The molecule has 132 valence electrons. The minimum Gasteiger partial charge on any atom is -0.465 e. The van der Waals surface area contributed by atoms with Gasteiger partial charge in [0.2, 0.25) is 0 Å². The fraction of sp³-hybridized carbons (Fsp3) is 0.263. The monoisotopic (exact) mass is 342 g/mol. The van der Waals surface area contributed by atoms with Crippen molar-refractivity contribution < 1.29 is 19.1 Å². The maximum atomic E-state index is 12.4. The second-order valence-corrected chi connectivity index (χ2v) is 5.68. The molecule has 0 spiro atoms. The molecule has 0 radical (unpaired) electrons. The van der Waals surface area contributed by atoms with Crippen LogP contribution in [0.5, 0.6) is 0 Å². The van der Waals surface area contributed by atoms with Crippen molar-refractivity contribution >= 4 is 23.3 Å². The Morgan fingerprint density at radius 2 is 1.72 bits per heavy atom. The lowest BCUT2D eigenvalue weighted by Gasteiger charge is -2.25. The Morgan fingerprint density at radius 3 is 2.32 bits per heavy atom. The molecule has 25 heavy (non-hydrogen) atoms. The molecule has 1 aromatic rings. The molecule has 0 unspecified atom stereocenters. The molecule has 2 rings (SSSR count). The Bertz CT molecular complexity index is 776. The van der Waals surface area contributed by atoms with E-state index in [2.05, 4.69) is 0 Å². The Hall–Kier alpha value is -3.02. The first-order chi connectivity index (χ1) is 11.9. The molecule has 0 atom stereocenters. The van der Waals surface area contributed by atoms with Crippen molar-refractivity contribution in [2.24, 2.45) is 0 Å². The number of allylic oxidation sites excluding steroid dienone is 2. The molecule has 1 aliphatic heterocycles. The number of hydrogen-bond acceptors (Lipinski definition) is 6. The molecule has 0 saturated heterocycles. The van der Waals surface area contributed by atoms with Gasteiger partial charge in [0.05, 0.1) is 19.8 Å². The molecule has 1 heterocycles. The van der Waals surface area contributed by atoms with E-state index in [9.17, 15) is 9.59 Å². The van der Waals surface area contributed by atoms with Crippen molar-refractivity contribution in [3.05, 3.63) is 59.5 Å². The molecule has 0 aromatic heterocycles. The maximum Gasteiger partial charge on any atom is 0.355 e. The molecule has 0 N–H and O–H groups in total. The van der Waals surface area contributed by atoms with E-state index >= 15 is 0 Å². The summed E-state index contributed by atoms with van der Waals surface area (Å²) >= 11 is 0. The lowest BCUT2D eigenvalue weighted by molar-refractivity contribution is -0.139. The summed E-state index contributed by atoms with van der Waals surface area (Å²) in [6.45, 7) is 2.01. The first-order valence-corrected chi connectivity index (χ1v) is 7.73. The second kappa shape index (κ2) is 7.70. The number of ether oxygens (including phenoxy) is 2. The van der Waals surface area contributed by atoms with E-state index in [1.165, 1.54) is 20.3 Å². The molecule has 1 aliphatic rings. The zero-order valence-electron chi connectivity index (χ0n) is 15.1. The Morgan fingerprint density at radius 1 is 1.04 bits per heavy atom. The van der Waals surface area contributed by atoms with Gasteiger partial charge in [0.25, 0.3) is 0 Å². The summed E-state index contributed by atoms with van der Waals surface area (Å²) in [6, 6.07) is 5.79. The lowest BCUT2D eigenvalue weighted by Crippen LogP contribution is -2.27. The maximum absolute atomic E-state index is 12.4. The summed E-state index contributed by atoms with van der Waals surface area (Å²) in [7, 11) is 6.45. The van der Waals surface area contributed by atoms with Crippen molar-refractivity contribution in [1.29, 1.82) is 0 Å². The third-order valence-corrected chi connectivity index (χ3v) is 3.84. The number of carbonyl (C=O) groups excluding carboxylic acids is 2. The van der Waals surface area contributed by atoms with Crippen molar-refractivity contribution in [3.63, 3.8) is 0 Å². The number of anilines is 2. The van der Waals surface area contributed by atoms with Crippen molar-refractivity contribution in [2.75, 3.05) is 38.1 Å². The van der Waals surface area contributed by atoms with E-state index in [1.807, 2.05) is 44.1 Å². The minimum atomic E-state index is -0.622. The molecule has 0 amide bonds. The predicted molar refractivity (Wildman–Crippen MR) is 97.3 cm³/mol. The van der Waals surface area contributed by atoms with Gasteiger partial charge < -0.3 is 19.3 Å². The summed E-state index contributed by atoms with van der Waals surface area (Å²) in [5, 5.41) is 0. The summed E-state index contributed by atoms with van der Waals surface area (Å²) in [5.74, 6) is -1.23. The molecule has 0 fully saturated rings. The number of hydrogen-bond donors (Lipinski definition) is 0. The third kappa shape index (κ3) is 3.74. The van der Waals surface area contributed by atoms with Crippen LogP contribution in [0.4, 0.5) is 11.4 Å². The molecule has 6 nitrogen and oxygen atoms in total. The van der Waals surface area contributed by atoms with E-state index < -0.39 is 11.9 Å². The van der Waals surface area contributed by atoms with Gasteiger partial charge in [-0.3, -0.25) is 0 Å². The van der Waals surface area contributed by atoms with Crippen LogP contribution < -0.4 is 9.80 Å². The van der Waals surface area contributed by atoms with Gasteiger partial charge in [-0.05, 0) is 36.8 Å². The predicted octanol–water partition coefficient (Wildman–Crippen LogP) is 2.55. The average molecular weight is 342 g/mol. The Kier molecular flexibility index (Phi) is 5.64. The number of rotatable bonds is 4. The Balaban J connectivity index is 2.67. The quantitative estimate of drug-likeness (QED) is 0.784. The van der Waals surface area contributed by atoms with E-state index in [0.29, 0.717) is 0 Å². The highest BCUT2D eigenvalue weighted by Crippen LogP contribution is 2.30. The average Bonchev–Trinajstić information content (AvgIpc) is 2.83. The smallest absolute Gasteiger partial charge is 0.355 e. The Labute approximate surface area is 147 Å². The molecule has 0 aliphatic carbocycles. The zero-order chi connectivity index (χ0) is 18.6. The van der Waals surface area contributed by atoms with Gasteiger partial charge in [-0.15, -0.1) is 0 Å². The van der Waals surface area contributed by atoms with Crippen molar-refractivity contribution in [2.45, 2.75) is 6.92 Å². The number of methoxy groups -OCH3 is 2. The standard InChI is InChI=1S/C19H22N2O4/c1-13-9-10-14(12-16(13)20(2)3)21-11-7-6-8-15(18(22)24-4)17(21)19(23)25-5/h6-12H,1-5H3. The largest absolute Gasteiger partial charge is 0.465 e. The first kappa shape index (κ1) is 18.3. The topological polar surface area (TPSA) is 59.1 Å². The van der Waals surface area contributed by atoms with Gasteiger partial charge in [-0.1, -0.05) is 12.1 Å². The second-order valence-electron chi connectivity index (χ2n) is 5.68. The molecular formula is C19H22N2O4. The van der Waals surface area contributed by atoms with Gasteiger partial charge in [0.15, 0.2) is 0 Å². The van der Waals surface area contributed by atoms with E-state index in [4.69, 9.17) is 9.47 Å². The summed E-state index contributed by atoms with van der Waals surface area (Å²) < 4.78 is 9.72. The van der Waals surface area contributed by atoms with Crippen LogP contribution in [-0.2, 0) is 19.1 Å². The SMILES string of the molecule is COC(=O)C1=C(C(=O)OC)N(c2ccc(C)c(N(C)C)c2)C=CC=C1. The minimum absolute atomic E-state index is 0.105. The van der Waals surface area contributed by atoms with Crippen LogP contribution >= 0.6 is 0 Å². The highest BCUT2D eigenvalue weighted by molar-refractivity contribution is 6.05. The number of nitrogens with zero attached hydrogens (tertiary/aromatic N) is 2. The zero-order valence-corrected chi connectivity index (χ0v) is 15.1. The molecular weight excluding hydrogens is 320 g/mol. The highest BCUT2D eigenvalue weighted by atomic mass is 16.5. The van der Waals surface area contributed by atoms with Crippen LogP contribution in [0.2, 0.25) is 0 Å². The molecule has 6 heteroatoms. The summed E-state index contributed by atoms with van der Waals surface area (Å²) in [4.78, 5) is 28.2. The molecule has 1 aromatic carbocycles. The van der Waals surface area contributed by atoms with Crippen LogP contribution in [0, 0.1) is 6.92 Å². The molecule has 0 bridgehead atoms. The van der Waals surface area contributed by atoms with E-state index in [1.54, 1.807) is 23.3 Å². The van der Waals surface area contributed by atoms with Crippen molar-refractivity contribution in [3.8, 4) is 0 Å². The fourth-order valence-electron chi connectivity index (χ4n) is 2.60. The van der Waals surface area contributed by atoms with Crippen molar-refractivity contribution in [1.82, 2.24) is 0 Å². The van der Waals surface area contributed by atoms with Crippen LogP contribution in [0.15, 0.2) is 53.9 Å². The summed E-state index contributed by atoms with van der Waals surface area (Å²) in [6.07, 6.45) is 6.67. The van der Waals surface area contributed by atoms with E-state index in [-0.39, 0.29) is 11.3 Å². The van der Waals surface area contributed by atoms with Crippen LogP contribution in [0.3, 0.4) is 0 Å². The lowest BCUT2D eigenvalue weighted by atomic mass is 10.1. The highest BCUT2D eigenvalue weighted by Gasteiger charge is 2.27. The van der Waals surface area contributed by atoms with Gasteiger partial charge in [0, 0.05) is 31.7 Å². The van der Waals surface area contributed by atoms with E-state index in [0.717, 1.165) is 16.9 Å². The number of benzene rings is 1. The first-order valence-electron chi connectivity index (χ1n) is 7.73.